The lowest BCUT2D eigenvalue weighted by atomic mass is 9.99. The summed E-state index contributed by atoms with van der Waals surface area (Å²) in [5.74, 6) is 0. The Kier molecular flexibility index (Phi) is 3.41. The lowest BCUT2D eigenvalue weighted by Gasteiger charge is -2.24. The average Bonchev–Trinajstić information content (AvgIpc) is 2.62. The molecular formula is C12H21N3. The maximum absolute atomic E-state index is 4.46. The monoisotopic (exact) mass is 207 g/mol. The van der Waals surface area contributed by atoms with Gasteiger partial charge in [-0.3, -0.25) is 0 Å². The Morgan fingerprint density at radius 3 is 3.20 bits per heavy atom. The molecule has 0 amide bonds. The summed E-state index contributed by atoms with van der Waals surface area (Å²) < 4.78 is 2.18. The fourth-order valence-electron chi connectivity index (χ4n) is 2.43. The minimum atomic E-state index is 0.535. The van der Waals surface area contributed by atoms with E-state index >= 15 is 0 Å². The smallest absolute Gasteiger partial charge is 0.0949 e. The molecule has 1 aromatic heterocycles. The fourth-order valence-corrected chi connectivity index (χ4v) is 2.43. The Bertz CT molecular complexity index is 317. The normalized spacial score (nSPS) is 20.3. The number of fused-ring (bicyclic) bond motifs is 1. The van der Waals surface area contributed by atoms with Gasteiger partial charge in [0.2, 0.25) is 0 Å². The highest BCUT2D eigenvalue weighted by Gasteiger charge is 2.22. The van der Waals surface area contributed by atoms with E-state index in [4.69, 9.17) is 0 Å². The number of hydrogen-bond donors (Lipinski definition) is 1. The second-order valence-electron chi connectivity index (χ2n) is 4.44. The number of nitrogens with one attached hydrogen (secondary N) is 1. The summed E-state index contributed by atoms with van der Waals surface area (Å²) in [5.41, 5.74) is 2.72. The molecule has 84 valence electrons. The molecule has 0 bridgehead atoms. The summed E-state index contributed by atoms with van der Waals surface area (Å²) in [6.07, 6.45) is 8.24. The van der Waals surface area contributed by atoms with Gasteiger partial charge in [0.1, 0.15) is 0 Å². The molecule has 0 aromatic carbocycles. The van der Waals surface area contributed by atoms with Crippen LogP contribution in [0.2, 0.25) is 0 Å². The summed E-state index contributed by atoms with van der Waals surface area (Å²) in [6.45, 7) is 3.34. The van der Waals surface area contributed by atoms with Crippen LogP contribution in [0.25, 0.3) is 0 Å². The molecular weight excluding hydrogens is 186 g/mol. The number of hydrogen-bond acceptors (Lipinski definition) is 2. The number of aromatic nitrogens is 2. The minimum absolute atomic E-state index is 0.535. The van der Waals surface area contributed by atoms with Gasteiger partial charge in [0, 0.05) is 26.1 Å². The Labute approximate surface area is 91.9 Å². The van der Waals surface area contributed by atoms with E-state index in [1.165, 1.54) is 37.1 Å². The van der Waals surface area contributed by atoms with Crippen LogP contribution in [0.4, 0.5) is 0 Å². The quantitative estimate of drug-likeness (QED) is 0.767. The highest BCUT2D eigenvalue weighted by atomic mass is 15.1. The van der Waals surface area contributed by atoms with Gasteiger partial charge in [0.05, 0.1) is 17.7 Å². The molecule has 2 heterocycles. The zero-order valence-corrected chi connectivity index (χ0v) is 9.79. The van der Waals surface area contributed by atoms with Crippen LogP contribution in [0.15, 0.2) is 6.33 Å². The van der Waals surface area contributed by atoms with Crippen LogP contribution in [0, 0.1) is 0 Å². The van der Waals surface area contributed by atoms with E-state index in [-0.39, 0.29) is 0 Å². The minimum Gasteiger partial charge on any atom is -0.336 e. The van der Waals surface area contributed by atoms with Crippen molar-refractivity contribution in [3.63, 3.8) is 0 Å². The van der Waals surface area contributed by atoms with E-state index in [1.54, 1.807) is 0 Å². The van der Waals surface area contributed by atoms with Gasteiger partial charge in [0.15, 0.2) is 0 Å². The molecule has 15 heavy (non-hydrogen) atoms. The third-order valence-electron chi connectivity index (χ3n) is 3.24. The lowest BCUT2D eigenvalue weighted by Crippen LogP contribution is -2.31. The first kappa shape index (κ1) is 10.7. The van der Waals surface area contributed by atoms with Crippen molar-refractivity contribution in [1.29, 1.82) is 0 Å². The lowest BCUT2D eigenvalue weighted by molar-refractivity contribution is 0.433. The molecule has 2 rings (SSSR count). The van der Waals surface area contributed by atoms with Crippen molar-refractivity contribution < 1.29 is 0 Å². The van der Waals surface area contributed by atoms with Crippen LogP contribution in [-0.4, -0.2) is 16.1 Å². The SMILES string of the molecule is CCCCCC1NCCc2ncn(C)c21. The van der Waals surface area contributed by atoms with E-state index in [9.17, 15) is 0 Å². The third kappa shape index (κ3) is 2.23. The molecule has 1 aromatic rings. The number of imidazole rings is 1. The molecule has 1 unspecified atom stereocenters. The summed E-state index contributed by atoms with van der Waals surface area (Å²) in [5, 5.41) is 3.60. The van der Waals surface area contributed by atoms with Gasteiger partial charge in [-0.1, -0.05) is 26.2 Å². The Morgan fingerprint density at radius 1 is 1.53 bits per heavy atom. The van der Waals surface area contributed by atoms with Crippen molar-refractivity contribution in [2.24, 2.45) is 7.05 Å². The largest absolute Gasteiger partial charge is 0.336 e. The molecule has 1 aliphatic heterocycles. The van der Waals surface area contributed by atoms with Gasteiger partial charge in [-0.15, -0.1) is 0 Å². The molecule has 0 saturated carbocycles. The molecule has 0 spiro atoms. The Balaban J connectivity index is 2.04. The maximum atomic E-state index is 4.46. The predicted octanol–water partition coefficient (Wildman–Crippen LogP) is 2.19. The van der Waals surface area contributed by atoms with Gasteiger partial charge in [-0.25, -0.2) is 4.98 Å². The number of nitrogens with zero attached hydrogens (tertiary/aromatic N) is 2. The first-order chi connectivity index (χ1) is 7.33. The highest BCUT2D eigenvalue weighted by Crippen LogP contribution is 2.25. The summed E-state index contributed by atoms with van der Waals surface area (Å²) in [7, 11) is 2.10. The topological polar surface area (TPSA) is 29.9 Å². The van der Waals surface area contributed by atoms with E-state index in [2.05, 4.69) is 28.8 Å². The first-order valence-corrected chi connectivity index (χ1v) is 6.06. The standard InChI is InChI=1S/C12H21N3/c1-3-4-5-6-10-12-11(7-8-13-10)14-9-15(12)2/h9-10,13H,3-8H2,1-2H3. The van der Waals surface area contributed by atoms with Crippen LogP contribution < -0.4 is 5.32 Å². The molecule has 1 aliphatic rings. The maximum Gasteiger partial charge on any atom is 0.0949 e. The van der Waals surface area contributed by atoms with Gasteiger partial charge in [0.25, 0.3) is 0 Å². The van der Waals surface area contributed by atoms with E-state index in [1.807, 2.05) is 6.33 Å². The van der Waals surface area contributed by atoms with E-state index in [0.717, 1.165) is 13.0 Å². The average molecular weight is 207 g/mol. The van der Waals surface area contributed by atoms with Crippen molar-refractivity contribution >= 4 is 0 Å². The third-order valence-corrected chi connectivity index (χ3v) is 3.24. The molecule has 3 nitrogen and oxygen atoms in total. The van der Waals surface area contributed by atoms with Gasteiger partial charge >= 0.3 is 0 Å². The van der Waals surface area contributed by atoms with Gasteiger partial charge < -0.3 is 9.88 Å². The molecule has 0 saturated heterocycles. The van der Waals surface area contributed by atoms with Gasteiger partial charge in [-0.05, 0) is 6.42 Å². The zero-order valence-electron chi connectivity index (χ0n) is 9.79. The van der Waals surface area contributed by atoms with Crippen LogP contribution in [0.3, 0.4) is 0 Å². The molecule has 3 heteroatoms. The van der Waals surface area contributed by atoms with E-state index < -0.39 is 0 Å². The molecule has 1 atom stereocenters. The van der Waals surface area contributed by atoms with Crippen LogP contribution in [0.1, 0.15) is 50.0 Å². The summed E-state index contributed by atoms with van der Waals surface area (Å²) in [6, 6.07) is 0.535. The summed E-state index contributed by atoms with van der Waals surface area (Å²) >= 11 is 0. The molecule has 0 fully saturated rings. The number of aryl methyl sites for hydroxylation is 1. The first-order valence-electron chi connectivity index (χ1n) is 6.06. The van der Waals surface area contributed by atoms with E-state index in [0.29, 0.717) is 6.04 Å². The highest BCUT2D eigenvalue weighted by molar-refractivity contribution is 5.20. The van der Waals surface area contributed by atoms with Crippen molar-refractivity contribution in [2.45, 2.75) is 45.1 Å². The number of rotatable bonds is 4. The predicted molar refractivity (Wildman–Crippen MR) is 61.8 cm³/mol. The van der Waals surface area contributed by atoms with Crippen molar-refractivity contribution in [2.75, 3.05) is 6.54 Å². The van der Waals surface area contributed by atoms with Gasteiger partial charge in [-0.2, -0.15) is 0 Å². The van der Waals surface area contributed by atoms with Crippen LogP contribution >= 0.6 is 0 Å². The molecule has 0 aliphatic carbocycles. The number of unbranched alkanes of at least 4 members (excludes halogenated alkanes) is 2. The molecule has 1 N–H and O–H groups in total. The Hall–Kier alpha value is -0.830. The van der Waals surface area contributed by atoms with Crippen LogP contribution in [-0.2, 0) is 13.5 Å². The molecule has 0 radical (unpaired) electrons. The van der Waals surface area contributed by atoms with Crippen molar-refractivity contribution in [3.8, 4) is 0 Å². The van der Waals surface area contributed by atoms with Crippen LogP contribution in [0.5, 0.6) is 0 Å². The fraction of sp³-hybridized carbons (Fsp3) is 0.750. The second kappa shape index (κ2) is 4.79. The second-order valence-corrected chi connectivity index (χ2v) is 4.44. The Morgan fingerprint density at radius 2 is 2.40 bits per heavy atom. The van der Waals surface area contributed by atoms with Crippen molar-refractivity contribution in [3.05, 3.63) is 17.7 Å². The van der Waals surface area contributed by atoms with Crippen molar-refractivity contribution in [1.82, 2.24) is 14.9 Å². The summed E-state index contributed by atoms with van der Waals surface area (Å²) in [4.78, 5) is 4.46. The zero-order chi connectivity index (χ0) is 10.7.